The van der Waals surface area contributed by atoms with Crippen molar-refractivity contribution >= 4 is 27.5 Å². The highest BCUT2D eigenvalue weighted by atomic mass is 32.2. The molecular weight excluding hydrogens is 442 g/mol. The van der Waals surface area contributed by atoms with Crippen molar-refractivity contribution in [2.75, 3.05) is 44.3 Å². The van der Waals surface area contributed by atoms with Gasteiger partial charge in [0.05, 0.1) is 18.1 Å². The van der Waals surface area contributed by atoms with Crippen LogP contribution in [0.1, 0.15) is 44.6 Å². The minimum absolute atomic E-state index is 0.0491. The fourth-order valence-electron chi connectivity index (χ4n) is 5.49. The molecule has 9 heteroatoms. The fraction of sp³-hybridized carbons (Fsp3) is 0.667. The summed E-state index contributed by atoms with van der Waals surface area (Å²) in [6, 6.07) is 5.24. The number of benzene rings is 1. The number of hydrogen-bond donors (Lipinski definition) is 0. The van der Waals surface area contributed by atoms with Crippen molar-refractivity contribution < 1.29 is 22.7 Å². The molecule has 1 aromatic carbocycles. The van der Waals surface area contributed by atoms with Crippen LogP contribution in [-0.4, -0.2) is 74.9 Å². The molecule has 0 aromatic heterocycles. The van der Waals surface area contributed by atoms with Crippen LogP contribution in [-0.2, 0) is 30.8 Å². The molecule has 0 unspecified atom stereocenters. The normalized spacial score (nSPS) is 25.1. The minimum Gasteiger partial charge on any atom is -0.378 e. The van der Waals surface area contributed by atoms with Crippen LogP contribution >= 0.6 is 0 Å². The SMILES string of the molecule is C[C@H]1Cc2cc(S(=O)(=O)N3CCC(C(=O)N4CCOCC4)CC3)ccc2N1C(=O)C1CCC1. The highest BCUT2D eigenvalue weighted by molar-refractivity contribution is 7.89. The van der Waals surface area contributed by atoms with E-state index < -0.39 is 10.0 Å². The van der Waals surface area contributed by atoms with Gasteiger partial charge in [0.2, 0.25) is 21.8 Å². The number of carbonyl (C=O) groups excluding carboxylic acids is 2. The van der Waals surface area contributed by atoms with Crippen molar-refractivity contribution in [3.63, 3.8) is 0 Å². The van der Waals surface area contributed by atoms with Crippen LogP contribution in [0.5, 0.6) is 0 Å². The van der Waals surface area contributed by atoms with Crippen LogP contribution in [0.4, 0.5) is 5.69 Å². The van der Waals surface area contributed by atoms with Crippen LogP contribution in [0.3, 0.4) is 0 Å². The third kappa shape index (κ3) is 4.19. The average molecular weight is 476 g/mol. The molecule has 1 saturated carbocycles. The van der Waals surface area contributed by atoms with Gasteiger partial charge in [0.15, 0.2) is 0 Å². The van der Waals surface area contributed by atoms with E-state index in [1.807, 2.05) is 16.7 Å². The Morgan fingerprint density at radius 2 is 1.61 bits per heavy atom. The molecule has 4 aliphatic rings. The Morgan fingerprint density at radius 1 is 0.939 bits per heavy atom. The van der Waals surface area contributed by atoms with E-state index in [0.29, 0.717) is 58.7 Å². The second-order valence-electron chi connectivity index (χ2n) is 9.80. The van der Waals surface area contributed by atoms with Gasteiger partial charge >= 0.3 is 0 Å². The fourth-order valence-corrected chi connectivity index (χ4v) is 7.01. The molecule has 1 atom stereocenters. The molecule has 3 aliphatic heterocycles. The summed E-state index contributed by atoms with van der Waals surface area (Å²) in [5.74, 6) is 0.290. The summed E-state index contributed by atoms with van der Waals surface area (Å²) < 4.78 is 33.5. The summed E-state index contributed by atoms with van der Waals surface area (Å²) in [5, 5.41) is 0. The second-order valence-corrected chi connectivity index (χ2v) is 11.7. The molecular formula is C24H33N3O5S. The number of carbonyl (C=O) groups is 2. The summed E-state index contributed by atoms with van der Waals surface area (Å²) in [7, 11) is -3.64. The Morgan fingerprint density at radius 3 is 2.24 bits per heavy atom. The monoisotopic (exact) mass is 475 g/mol. The highest BCUT2D eigenvalue weighted by Crippen LogP contribution is 2.38. The van der Waals surface area contributed by atoms with Crippen LogP contribution in [0.25, 0.3) is 0 Å². The first-order chi connectivity index (χ1) is 15.9. The lowest BCUT2D eigenvalue weighted by Gasteiger charge is -2.35. The van der Waals surface area contributed by atoms with Crippen LogP contribution in [0, 0.1) is 11.8 Å². The van der Waals surface area contributed by atoms with Gasteiger partial charge in [0.1, 0.15) is 0 Å². The lowest BCUT2D eigenvalue weighted by molar-refractivity contribution is -0.140. The maximum absolute atomic E-state index is 13.4. The van der Waals surface area contributed by atoms with Gasteiger partial charge in [-0.1, -0.05) is 6.42 Å². The van der Waals surface area contributed by atoms with Gasteiger partial charge in [0.25, 0.3) is 0 Å². The minimum atomic E-state index is -3.64. The first-order valence-electron chi connectivity index (χ1n) is 12.2. The quantitative estimate of drug-likeness (QED) is 0.665. The summed E-state index contributed by atoms with van der Waals surface area (Å²) in [4.78, 5) is 29.7. The highest BCUT2D eigenvalue weighted by Gasteiger charge is 2.39. The average Bonchev–Trinajstić information content (AvgIpc) is 3.13. The Labute approximate surface area is 195 Å². The summed E-state index contributed by atoms with van der Waals surface area (Å²) in [6.07, 6.45) is 4.77. The van der Waals surface area contributed by atoms with Crippen molar-refractivity contribution in [2.24, 2.45) is 11.8 Å². The molecule has 0 spiro atoms. The number of rotatable bonds is 4. The summed E-state index contributed by atoms with van der Waals surface area (Å²) >= 11 is 0. The van der Waals surface area contributed by atoms with Gasteiger partial charge in [0, 0.05) is 49.7 Å². The van der Waals surface area contributed by atoms with Crippen LogP contribution in [0.2, 0.25) is 0 Å². The third-order valence-corrected chi connectivity index (χ3v) is 9.62. The van der Waals surface area contributed by atoms with E-state index in [-0.39, 0.29) is 34.6 Å². The molecule has 8 nitrogen and oxygen atoms in total. The van der Waals surface area contributed by atoms with Crippen molar-refractivity contribution in [3.05, 3.63) is 23.8 Å². The van der Waals surface area contributed by atoms with Crippen LogP contribution < -0.4 is 4.90 Å². The summed E-state index contributed by atoms with van der Waals surface area (Å²) in [6.45, 7) is 5.10. The first kappa shape index (κ1) is 22.8. The molecule has 33 heavy (non-hydrogen) atoms. The number of hydrogen-bond acceptors (Lipinski definition) is 5. The van der Waals surface area contributed by atoms with Crippen molar-refractivity contribution in [2.45, 2.75) is 56.4 Å². The maximum Gasteiger partial charge on any atom is 0.243 e. The first-order valence-corrected chi connectivity index (χ1v) is 13.6. The van der Waals surface area contributed by atoms with E-state index in [1.165, 1.54) is 4.31 Å². The zero-order valence-electron chi connectivity index (χ0n) is 19.2. The van der Waals surface area contributed by atoms with E-state index in [2.05, 4.69) is 0 Å². The molecule has 0 N–H and O–H groups in total. The van der Waals surface area contributed by atoms with Gasteiger partial charge in [-0.05, 0) is 62.8 Å². The predicted octanol–water partition coefficient (Wildman–Crippen LogP) is 2.02. The zero-order valence-corrected chi connectivity index (χ0v) is 20.1. The Balaban J connectivity index is 1.27. The van der Waals surface area contributed by atoms with Gasteiger partial charge in [-0.2, -0.15) is 4.31 Å². The molecule has 1 aliphatic carbocycles. The number of fused-ring (bicyclic) bond motifs is 1. The van der Waals surface area contributed by atoms with Crippen molar-refractivity contribution in [3.8, 4) is 0 Å². The molecule has 1 aromatic rings. The summed E-state index contributed by atoms with van der Waals surface area (Å²) in [5.41, 5.74) is 1.78. The number of piperidine rings is 1. The molecule has 5 rings (SSSR count). The second kappa shape index (κ2) is 9.00. The topological polar surface area (TPSA) is 87.2 Å². The molecule has 2 saturated heterocycles. The predicted molar refractivity (Wildman–Crippen MR) is 123 cm³/mol. The Bertz CT molecular complexity index is 1020. The van der Waals surface area contributed by atoms with Gasteiger partial charge in [-0.15, -0.1) is 0 Å². The molecule has 0 radical (unpaired) electrons. The van der Waals surface area contributed by atoms with E-state index in [4.69, 9.17) is 4.74 Å². The lowest BCUT2D eigenvalue weighted by atomic mass is 9.84. The standard InChI is InChI=1S/C24H33N3O5S/c1-17-15-20-16-21(5-6-22(20)27(17)24(29)18-3-2-4-18)33(30,31)26-9-7-19(8-10-26)23(28)25-11-13-32-14-12-25/h5-6,16-19H,2-4,7-15H2,1H3/t17-/m0/s1. The largest absolute Gasteiger partial charge is 0.378 e. The molecule has 3 heterocycles. The van der Waals surface area contributed by atoms with Gasteiger partial charge in [-0.3, -0.25) is 9.59 Å². The van der Waals surface area contributed by atoms with Gasteiger partial charge in [-0.25, -0.2) is 8.42 Å². The third-order valence-electron chi connectivity index (χ3n) is 7.72. The number of sulfonamides is 1. The van der Waals surface area contributed by atoms with Crippen LogP contribution in [0.15, 0.2) is 23.1 Å². The number of morpholine rings is 1. The van der Waals surface area contributed by atoms with E-state index in [0.717, 1.165) is 30.5 Å². The Hall–Kier alpha value is -1.97. The van der Waals surface area contributed by atoms with E-state index in [1.54, 1.807) is 18.2 Å². The number of anilines is 1. The number of ether oxygens (including phenoxy) is 1. The van der Waals surface area contributed by atoms with E-state index in [9.17, 15) is 18.0 Å². The molecule has 0 bridgehead atoms. The van der Waals surface area contributed by atoms with E-state index >= 15 is 0 Å². The number of amides is 2. The van der Waals surface area contributed by atoms with Crippen molar-refractivity contribution in [1.29, 1.82) is 0 Å². The molecule has 180 valence electrons. The number of nitrogens with zero attached hydrogens (tertiary/aromatic N) is 3. The zero-order chi connectivity index (χ0) is 23.2. The maximum atomic E-state index is 13.4. The Kier molecular flexibility index (Phi) is 6.22. The molecule has 3 fully saturated rings. The van der Waals surface area contributed by atoms with Crippen molar-refractivity contribution in [1.82, 2.24) is 9.21 Å². The molecule has 2 amide bonds. The lowest BCUT2D eigenvalue weighted by Crippen LogP contribution is -2.47. The smallest absolute Gasteiger partial charge is 0.243 e. The van der Waals surface area contributed by atoms with Gasteiger partial charge < -0.3 is 14.5 Å².